The lowest BCUT2D eigenvalue weighted by Gasteiger charge is -2.13. The van der Waals surface area contributed by atoms with Crippen LogP contribution in [0, 0.1) is 20.8 Å². The summed E-state index contributed by atoms with van der Waals surface area (Å²) >= 11 is 1.84. The number of thiazole rings is 1. The third-order valence-electron chi connectivity index (χ3n) is 5.20. The van der Waals surface area contributed by atoms with Gasteiger partial charge < -0.3 is 0 Å². The highest BCUT2D eigenvalue weighted by molar-refractivity contribution is 7.21. The Kier molecular flexibility index (Phi) is 4.48. The van der Waals surface area contributed by atoms with E-state index in [1.54, 1.807) is 0 Å². The number of aryl methyl sites for hydroxylation is 4. The van der Waals surface area contributed by atoms with Crippen LogP contribution < -0.4 is 9.47 Å². The highest BCUT2D eigenvalue weighted by Crippen LogP contribution is 2.37. The summed E-state index contributed by atoms with van der Waals surface area (Å²) in [7, 11) is 4.32. The average Bonchev–Trinajstić information content (AvgIpc) is 2.98. The first-order chi connectivity index (χ1) is 13.0. The number of hydrogen-bond acceptors (Lipinski definition) is 2. The summed E-state index contributed by atoms with van der Waals surface area (Å²) in [4.78, 5) is 2.27. The van der Waals surface area contributed by atoms with Crippen LogP contribution in [0.15, 0.2) is 60.7 Å². The van der Waals surface area contributed by atoms with Crippen molar-refractivity contribution in [1.29, 1.82) is 0 Å². The van der Waals surface area contributed by atoms with Crippen molar-refractivity contribution in [3.63, 3.8) is 0 Å². The maximum absolute atomic E-state index is 2.33. The third kappa shape index (κ3) is 3.02. The second-order valence-electron chi connectivity index (χ2n) is 7.26. The van der Waals surface area contributed by atoms with Crippen molar-refractivity contribution in [1.82, 2.24) is 0 Å². The Morgan fingerprint density at radius 2 is 1.52 bits per heavy atom. The molecule has 0 aliphatic carbocycles. The molecule has 0 radical (unpaired) electrons. The molecule has 1 heterocycles. The van der Waals surface area contributed by atoms with Crippen molar-refractivity contribution in [2.24, 2.45) is 7.05 Å². The standard InChI is InChI=1S/C24H25N2S/c1-16-14-17(2)22(18(3)15-16)20-12-9-13-21-23(20)26(5)24(27-21)25(4)19-10-7-6-8-11-19/h6-15H,1-5H3/q+1. The molecule has 0 N–H and O–H groups in total. The summed E-state index contributed by atoms with van der Waals surface area (Å²) in [5.74, 6) is 0. The van der Waals surface area contributed by atoms with E-state index >= 15 is 0 Å². The van der Waals surface area contributed by atoms with Crippen molar-refractivity contribution in [3.05, 3.63) is 77.4 Å². The van der Waals surface area contributed by atoms with E-state index in [1.807, 2.05) is 11.3 Å². The fraction of sp³-hybridized carbons (Fsp3) is 0.208. The maximum Gasteiger partial charge on any atom is 0.341 e. The molecule has 0 unspecified atom stereocenters. The van der Waals surface area contributed by atoms with Gasteiger partial charge in [-0.05, 0) is 73.1 Å². The van der Waals surface area contributed by atoms with Crippen LogP contribution in [0.4, 0.5) is 10.8 Å². The molecule has 0 bridgehead atoms. The number of anilines is 2. The Hall–Kier alpha value is -2.65. The molecule has 27 heavy (non-hydrogen) atoms. The van der Waals surface area contributed by atoms with E-state index in [1.165, 1.54) is 48.9 Å². The molecule has 4 aromatic rings. The summed E-state index contributed by atoms with van der Waals surface area (Å²) in [6, 6.07) is 21.8. The van der Waals surface area contributed by atoms with Gasteiger partial charge in [0.05, 0.1) is 18.8 Å². The number of rotatable bonds is 3. The van der Waals surface area contributed by atoms with Crippen LogP contribution in [0.2, 0.25) is 0 Å². The fourth-order valence-electron chi connectivity index (χ4n) is 4.08. The van der Waals surface area contributed by atoms with Crippen molar-refractivity contribution in [2.45, 2.75) is 20.8 Å². The summed E-state index contributed by atoms with van der Waals surface area (Å²) in [5, 5.41) is 1.23. The fourth-order valence-corrected chi connectivity index (χ4v) is 5.23. The van der Waals surface area contributed by atoms with Gasteiger partial charge in [-0.15, -0.1) is 0 Å². The van der Waals surface area contributed by atoms with Gasteiger partial charge in [0.1, 0.15) is 5.69 Å². The lowest BCUT2D eigenvalue weighted by molar-refractivity contribution is -0.627. The molecule has 0 fully saturated rings. The first kappa shape index (κ1) is 17.7. The number of para-hydroxylation sites is 2. The molecular weight excluding hydrogens is 348 g/mol. The zero-order valence-electron chi connectivity index (χ0n) is 16.6. The predicted molar refractivity (Wildman–Crippen MR) is 117 cm³/mol. The molecule has 0 amide bonds. The van der Waals surface area contributed by atoms with Crippen LogP contribution in [0.1, 0.15) is 16.7 Å². The minimum absolute atomic E-state index is 1.20. The molecule has 0 aliphatic rings. The first-order valence-corrected chi connectivity index (χ1v) is 10.1. The summed E-state index contributed by atoms with van der Waals surface area (Å²) in [6.45, 7) is 6.61. The minimum atomic E-state index is 1.20. The van der Waals surface area contributed by atoms with E-state index in [4.69, 9.17) is 0 Å². The molecular formula is C24H25N2S+. The summed E-state index contributed by atoms with van der Waals surface area (Å²) in [5.41, 5.74) is 9.16. The lowest BCUT2D eigenvalue weighted by Crippen LogP contribution is -2.33. The molecule has 0 saturated heterocycles. The number of hydrogen-bond donors (Lipinski definition) is 0. The predicted octanol–water partition coefficient (Wildman–Crippen LogP) is 6.09. The zero-order valence-corrected chi connectivity index (χ0v) is 17.4. The van der Waals surface area contributed by atoms with Crippen LogP contribution >= 0.6 is 11.3 Å². The van der Waals surface area contributed by atoms with Crippen LogP contribution in [-0.2, 0) is 7.05 Å². The van der Waals surface area contributed by atoms with Crippen molar-refractivity contribution in [2.75, 3.05) is 11.9 Å². The molecule has 0 atom stereocenters. The van der Waals surface area contributed by atoms with Crippen molar-refractivity contribution < 1.29 is 4.57 Å². The van der Waals surface area contributed by atoms with Crippen LogP contribution in [0.25, 0.3) is 21.3 Å². The van der Waals surface area contributed by atoms with Gasteiger partial charge in [-0.25, -0.2) is 9.47 Å². The highest BCUT2D eigenvalue weighted by atomic mass is 32.1. The molecule has 0 saturated carbocycles. The van der Waals surface area contributed by atoms with E-state index in [0.29, 0.717) is 0 Å². The Morgan fingerprint density at radius 3 is 2.19 bits per heavy atom. The Labute approximate surface area is 165 Å². The average molecular weight is 374 g/mol. The monoisotopic (exact) mass is 373 g/mol. The topological polar surface area (TPSA) is 7.12 Å². The Balaban J connectivity index is 1.94. The third-order valence-corrected chi connectivity index (χ3v) is 6.48. The molecule has 1 aromatic heterocycles. The number of fused-ring (bicyclic) bond motifs is 1. The van der Waals surface area contributed by atoms with Gasteiger partial charge in [-0.1, -0.05) is 42.0 Å². The molecule has 2 nitrogen and oxygen atoms in total. The van der Waals surface area contributed by atoms with Crippen molar-refractivity contribution in [3.8, 4) is 11.1 Å². The largest absolute Gasteiger partial charge is 0.341 e. The van der Waals surface area contributed by atoms with Crippen LogP contribution in [0.3, 0.4) is 0 Å². The smallest absolute Gasteiger partial charge is 0.221 e. The molecule has 136 valence electrons. The molecule has 3 aromatic carbocycles. The molecule has 4 rings (SSSR count). The SMILES string of the molecule is Cc1cc(C)c(-c2cccc3sc(N(C)c4ccccc4)[n+](C)c23)c(C)c1. The zero-order chi connectivity index (χ0) is 19.1. The molecule has 0 spiro atoms. The van der Waals surface area contributed by atoms with Crippen LogP contribution in [0.5, 0.6) is 0 Å². The number of nitrogens with zero attached hydrogens (tertiary/aromatic N) is 2. The second-order valence-corrected chi connectivity index (χ2v) is 8.27. The van der Waals surface area contributed by atoms with Gasteiger partial charge in [0.15, 0.2) is 5.52 Å². The van der Waals surface area contributed by atoms with E-state index in [9.17, 15) is 0 Å². The normalized spacial score (nSPS) is 11.1. The quantitative estimate of drug-likeness (QED) is 0.394. The Morgan fingerprint density at radius 1 is 0.852 bits per heavy atom. The van der Waals surface area contributed by atoms with E-state index in [2.05, 4.69) is 105 Å². The summed E-state index contributed by atoms with van der Waals surface area (Å²) in [6.07, 6.45) is 0. The minimum Gasteiger partial charge on any atom is -0.221 e. The van der Waals surface area contributed by atoms with Gasteiger partial charge in [0.25, 0.3) is 0 Å². The number of aromatic nitrogens is 1. The molecule has 3 heteroatoms. The van der Waals surface area contributed by atoms with E-state index in [0.717, 1.165) is 0 Å². The van der Waals surface area contributed by atoms with Gasteiger partial charge in [-0.2, -0.15) is 0 Å². The van der Waals surface area contributed by atoms with Gasteiger partial charge >= 0.3 is 5.13 Å². The Bertz CT molecular complexity index is 1100. The van der Waals surface area contributed by atoms with Crippen LogP contribution in [-0.4, -0.2) is 7.05 Å². The summed E-state index contributed by atoms with van der Waals surface area (Å²) < 4.78 is 3.65. The first-order valence-electron chi connectivity index (χ1n) is 9.26. The number of benzene rings is 3. The van der Waals surface area contributed by atoms with E-state index in [-0.39, 0.29) is 0 Å². The second kappa shape index (κ2) is 6.82. The highest BCUT2D eigenvalue weighted by Gasteiger charge is 2.24. The molecule has 0 aliphatic heterocycles. The van der Waals surface area contributed by atoms with Gasteiger partial charge in [0, 0.05) is 5.56 Å². The van der Waals surface area contributed by atoms with Gasteiger partial charge in [0.2, 0.25) is 0 Å². The van der Waals surface area contributed by atoms with Crippen molar-refractivity contribution >= 4 is 32.4 Å². The lowest BCUT2D eigenvalue weighted by atomic mass is 9.93. The van der Waals surface area contributed by atoms with Gasteiger partial charge in [-0.3, -0.25) is 0 Å². The maximum atomic E-state index is 2.33. The van der Waals surface area contributed by atoms with E-state index < -0.39 is 0 Å².